The fourth-order valence-corrected chi connectivity index (χ4v) is 2.27. The lowest BCUT2D eigenvalue weighted by Gasteiger charge is -2.03. The van der Waals surface area contributed by atoms with Gasteiger partial charge in [-0.05, 0) is 38.2 Å². The highest BCUT2D eigenvalue weighted by Crippen LogP contribution is 2.21. The molecule has 1 aromatic heterocycles. The van der Waals surface area contributed by atoms with Crippen LogP contribution in [0.1, 0.15) is 18.2 Å². The van der Waals surface area contributed by atoms with E-state index in [4.69, 9.17) is 23.8 Å². The van der Waals surface area contributed by atoms with Gasteiger partial charge in [0.15, 0.2) is 5.11 Å². The molecule has 0 saturated carbocycles. The first-order valence-electron chi connectivity index (χ1n) is 6.51. The molecule has 0 aliphatic carbocycles. The Hall–Kier alpha value is -1.92. The highest BCUT2D eigenvalue weighted by molar-refractivity contribution is 7.80. The van der Waals surface area contributed by atoms with Crippen LogP contribution in [0.3, 0.4) is 0 Å². The Balaban J connectivity index is 2.20. The second kappa shape index (κ2) is 7.19. The number of hydrogen-bond acceptors (Lipinski definition) is 3. The predicted molar refractivity (Wildman–Crippen MR) is 90.3 cm³/mol. The maximum absolute atomic E-state index is 6.37. The predicted octanol–water partition coefficient (Wildman–Crippen LogP) is 2.65. The highest BCUT2D eigenvalue weighted by Gasteiger charge is 2.12. The molecule has 0 aliphatic heterocycles. The molecule has 0 atom stereocenters. The van der Waals surface area contributed by atoms with E-state index in [2.05, 4.69) is 20.9 Å². The summed E-state index contributed by atoms with van der Waals surface area (Å²) in [7, 11) is 0. The van der Waals surface area contributed by atoms with Gasteiger partial charge in [0.2, 0.25) is 0 Å². The van der Waals surface area contributed by atoms with Gasteiger partial charge in [-0.15, -0.1) is 0 Å². The Bertz CT molecular complexity index is 651. The summed E-state index contributed by atoms with van der Waals surface area (Å²) in [6.45, 7) is 4.59. The number of aryl methyl sites for hydroxylation is 1. The molecule has 1 heterocycles. The quantitative estimate of drug-likeness (QED) is 0.516. The van der Waals surface area contributed by atoms with Gasteiger partial charge in [-0.3, -0.25) is 5.43 Å². The second-order valence-corrected chi connectivity index (χ2v) is 5.03. The molecule has 0 aliphatic rings. The topological polar surface area (TPSA) is 54.2 Å². The summed E-state index contributed by atoms with van der Waals surface area (Å²) in [4.78, 5) is 0. The smallest absolute Gasteiger partial charge is 0.186 e. The molecule has 21 heavy (non-hydrogen) atoms. The van der Waals surface area contributed by atoms with Gasteiger partial charge in [-0.2, -0.15) is 10.2 Å². The van der Waals surface area contributed by atoms with Crippen LogP contribution in [-0.2, 0) is 0 Å². The molecule has 110 valence electrons. The summed E-state index contributed by atoms with van der Waals surface area (Å²) in [6.07, 6.45) is 1.62. The van der Waals surface area contributed by atoms with Crippen LogP contribution in [0.5, 0.6) is 0 Å². The summed E-state index contributed by atoms with van der Waals surface area (Å²) >= 11 is 11.4. The summed E-state index contributed by atoms with van der Waals surface area (Å²) in [5.41, 5.74) is 5.19. The zero-order valence-corrected chi connectivity index (χ0v) is 13.4. The van der Waals surface area contributed by atoms with Crippen molar-refractivity contribution in [2.24, 2.45) is 5.10 Å². The van der Waals surface area contributed by atoms with Crippen molar-refractivity contribution in [3.05, 3.63) is 46.7 Å². The maximum Gasteiger partial charge on any atom is 0.186 e. The first-order chi connectivity index (χ1) is 10.1. The summed E-state index contributed by atoms with van der Waals surface area (Å²) < 4.78 is 1.68. The van der Waals surface area contributed by atoms with Crippen molar-refractivity contribution in [3.63, 3.8) is 0 Å². The number of thiocarbonyl (C=S) groups is 1. The molecule has 0 amide bonds. The van der Waals surface area contributed by atoms with Crippen LogP contribution in [0.15, 0.2) is 35.4 Å². The first kappa shape index (κ1) is 15.5. The Labute approximate surface area is 134 Å². The first-order valence-corrected chi connectivity index (χ1v) is 7.29. The number of halogens is 1. The molecule has 0 saturated heterocycles. The number of nitrogens with one attached hydrogen (secondary N) is 2. The minimum Gasteiger partial charge on any atom is -0.362 e. The molecule has 0 spiro atoms. The van der Waals surface area contributed by atoms with Gasteiger partial charge < -0.3 is 5.32 Å². The lowest BCUT2D eigenvalue weighted by atomic mass is 10.3. The van der Waals surface area contributed by atoms with Crippen molar-refractivity contribution in [2.45, 2.75) is 13.8 Å². The molecular formula is C14H16ClN5S. The van der Waals surface area contributed by atoms with Crippen molar-refractivity contribution in [3.8, 4) is 5.69 Å². The molecular weight excluding hydrogens is 306 g/mol. The number of para-hydroxylation sites is 1. The monoisotopic (exact) mass is 321 g/mol. The number of hydrazone groups is 1. The fourth-order valence-electron chi connectivity index (χ4n) is 1.75. The van der Waals surface area contributed by atoms with E-state index in [0.717, 1.165) is 23.5 Å². The zero-order chi connectivity index (χ0) is 15.2. The van der Waals surface area contributed by atoms with Crippen LogP contribution in [0.2, 0.25) is 5.15 Å². The van der Waals surface area contributed by atoms with E-state index >= 15 is 0 Å². The van der Waals surface area contributed by atoms with E-state index in [1.807, 2.05) is 44.2 Å². The number of benzene rings is 1. The Kier molecular flexibility index (Phi) is 5.30. The molecule has 2 aromatic rings. The van der Waals surface area contributed by atoms with E-state index in [9.17, 15) is 0 Å². The van der Waals surface area contributed by atoms with Gasteiger partial charge in [0.05, 0.1) is 23.2 Å². The number of hydrogen-bond donors (Lipinski definition) is 2. The van der Waals surface area contributed by atoms with Crippen molar-refractivity contribution in [1.82, 2.24) is 20.5 Å². The van der Waals surface area contributed by atoms with E-state index < -0.39 is 0 Å². The van der Waals surface area contributed by atoms with Crippen LogP contribution >= 0.6 is 23.8 Å². The maximum atomic E-state index is 6.37. The molecule has 0 fully saturated rings. The van der Waals surface area contributed by atoms with Crippen molar-refractivity contribution in [1.29, 1.82) is 0 Å². The van der Waals surface area contributed by atoms with E-state index in [1.165, 1.54) is 0 Å². The second-order valence-electron chi connectivity index (χ2n) is 4.27. The van der Waals surface area contributed by atoms with Crippen molar-refractivity contribution < 1.29 is 0 Å². The molecule has 7 heteroatoms. The van der Waals surface area contributed by atoms with Gasteiger partial charge in [-0.1, -0.05) is 29.8 Å². The lowest BCUT2D eigenvalue weighted by Crippen LogP contribution is -2.31. The normalized spacial score (nSPS) is 10.8. The van der Waals surface area contributed by atoms with Gasteiger partial charge in [0.25, 0.3) is 0 Å². The third kappa shape index (κ3) is 3.80. The summed E-state index contributed by atoms with van der Waals surface area (Å²) in [5, 5.41) is 12.4. The van der Waals surface area contributed by atoms with Crippen LogP contribution in [0.25, 0.3) is 5.69 Å². The number of nitrogens with zero attached hydrogens (tertiary/aromatic N) is 3. The average molecular weight is 322 g/mol. The minimum atomic E-state index is 0.470. The Morgan fingerprint density at radius 1 is 1.43 bits per heavy atom. The van der Waals surface area contributed by atoms with E-state index in [0.29, 0.717) is 10.3 Å². The fraction of sp³-hybridized carbons (Fsp3) is 0.214. The van der Waals surface area contributed by atoms with E-state index in [1.54, 1.807) is 10.9 Å². The van der Waals surface area contributed by atoms with Crippen LogP contribution in [0.4, 0.5) is 0 Å². The van der Waals surface area contributed by atoms with Crippen LogP contribution < -0.4 is 10.7 Å². The average Bonchev–Trinajstić information content (AvgIpc) is 2.76. The van der Waals surface area contributed by atoms with Crippen LogP contribution in [0, 0.1) is 6.92 Å². The molecule has 2 N–H and O–H groups in total. The van der Waals surface area contributed by atoms with Gasteiger partial charge in [-0.25, -0.2) is 4.68 Å². The molecule has 1 aromatic carbocycles. The van der Waals surface area contributed by atoms with Crippen LogP contribution in [-0.4, -0.2) is 27.7 Å². The number of rotatable bonds is 4. The SMILES string of the molecule is CCNC(=S)N/N=C\c1c(C)nn(-c2ccccc2)c1Cl. The number of aromatic nitrogens is 2. The third-order valence-electron chi connectivity index (χ3n) is 2.75. The molecule has 0 bridgehead atoms. The van der Waals surface area contributed by atoms with Gasteiger partial charge >= 0.3 is 0 Å². The summed E-state index contributed by atoms with van der Waals surface area (Å²) in [6, 6.07) is 9.71. The summed E-state index contributed by atoms with van der Waals surface area (Å²) in [5.74, 6) is 0. The molecule has 5 nitrogen and oxygen atoms in total. The molecule has 2 rings (SSSR count). The highest BCUT2D eigenvalue weighted by atomic mass is 35.5. The molecule has 0 radical (unpaired) electrons. The van der Waals surface area contributed by atoms with Crippen molar-refractivity contribution in [2.75, 3.05) is 6.54 Å². The minimum absolute atomic E-state index is 0.470. The lowest BCUT2D eigenvalue weighted by molar-refractivity contribution is 0.863. The molecule has 0 unspecified atom stereocenters. The largest absolute Gasteiger partial charge is 0.362 e. The van der Waals surface area contributed by atoms with Gasteiger partial charge in [0.1, 0.15) is 5.15 Å². The van der Waals surface area contributed by atoms with Gasteiger partial charge in [0, 0.05) is 6.54 Å². The Morgan fingerprint density at radius 3 is 2.81 bits per heavy atom. The Morgan fingerprint density at radius 2 is 2.14 bits per heavy atom. The zero-order valence-electron chi connectivity index (χ0n) is 11.8. The standard InChI is InChI=1S/C14H16ClN5S/c1-3-16-14(21)18-17-9-12-10(2)19-20(13(12)15)11-7-5-4-6-8-11/h4-9H,3H2,1-2H3,(H2,16,18,21)/b17-9-. The van der Waals surface area contributed by atoms with Crippen molar-refractivity contribution >= 4 is 35.1 Å². The third-order valence-corrected chi connectivity index (χ3v) is 3.35. The van der Waals surface area contributed by atoms with E-state index in [-0.39, 0.29) is 0 Å².